The Kier molecular flexibility index (Phi) is 7.18. The lowest BCUT2D eigenvalue weighted by Gasteiger charge is -2.31. The number of piperidine rings is 1. The SMILES string of the molecule is Cc1ccc(C)c(/C=C/c2onc(C)c2S(=O)(=O)N2CCC[C@H](C(=O)Nc3ccc(F)cc3)C2)c1. The smallest absolute Gasteiger partial charge is 0.248 e. The normalized spacial score (nSPS) is 17.1. The van der Waals surface area contributed by atoms with Crippen molar-refractivity contribution in [1.29, 1.82) is 0 Å². The maximum Gasteiger partial charge on any atom is 0.248 e. The number of aryl methyl sites for hydroxylation is 3. The molecule has 1 aliphatic heterocycles. The molecule has 1 saturated heterocycles. The summed E-state index contributed by atoms with van der Waals surface area (Å²) in [5.41, 5.74) is 3.83. The standard InChI is InChI=1S/C26H28FN3O4S/c1-17-6-7-18(2)20(15-17)8-13-24-25(19(3)29-34-24)35(32,33)30-14-4-5-21(16-30)26(31)28-23-11-9-22(27)10-12-23/h6-13,15,21H,4-5,14,16H2,1-3H3,(H,28,31)/b13-8+/t21-/m0/s1. The van der Waals surface area contributed by atoms with Gasteiger partial charge in [0.2, 0.25) is 15.9 Å². The van der Waals surface area contributed by atoms with Crippen LogP contribution in [0.4, 0.5) is 10.1 Å². The van der Waals surface area contributed by atoms with Crippen LogP contribution in [0.1, 0.15) is 41.0 Å². The molecule has 1 aliphatic rings. The number of benzene rings is 2. The summed E-state index contributed by atoms with van der Waals surface area (Å²) in [7, 11) is -3.95. The highest BCUT2D eigenvalue weighted by atomic mass is 32.2. The van der Waals surface area contributed by atoms with Crippen LogP contribution < -0.4 is 5.32 Å². The van der Waals surface area contributed by atoms with Crippen LogP contribution in [-0.2, 0) is 14.8 Å². The lowest BCUT2D eigenvalue weighted by atomic mass is 9.99. The highest BCUT2D eigenvalue weighted by Crippen LogP contribution is 2.30. The van der Waals surface area contributed by atoms with E-state index in [4.69, 9.17) is 4.52 Å². The molecule has 7 nitrogen and oxygen atoms in total. The Labute approximate surface area is 204 Å². The molecule has 0 spiro atoms. The number of nitrogens with one attached hydrogen (secondary N) is 1. The molecule has 35 heavy (non-hydrogen) atoms. The Balaban J connectivity index is 1.55. The largest absolute Gasteiger partial charge is 0.355 e. The molecular formula is C26H28FN3O4S. The molecule has 184 valence electrons. The minimum Gasteiger partial charge on any atom is -0.355 e. The molecule has 1 amide bonds. The minimum atomic E-state index is -3.95. The first-order valence-electron chi connectivity index (χ1n) is 11.4. The molecule has 2 aromatic carbocycles. The van der Waals surface area contributed by atoms with E-state index in [2.05, 4.69) is 10.5 Å². The van der Waals surface area contributed by atoms with Gasteiger partial charge in [0, 0.05) is 18.8 Å². The average Bonchev–Trinajstić information content (AvgIpc) is 3.22. The highest BCUT2D eigenvalue weighted by Gasteiger charge is 2.37. The van der Waals surface area contributed by atoms with Crippen molar-refractivity contribution in [2.24, 2.45) is 5.92 Å². The number of sulfonamides is 1. The molecule has 4 rings (SSSR count). The zero-order valence-corrected chi connectivity index (χ0v) is 20.7. The summed E-state index contributed by atoms with van der Waals surface area (Å²) in [4.78, 5) is 12.8. The van der Waals surface area contributed by atoms with E-state index in [0.717, 1.165) is 16.7 Å². The average molecular weight is 498 g/mol. The maximum absolute atomic E-state index is 13.6. The van der Waals surface area contributed by atoms with Crippen molar-refractivity contribution in [1.82, 2.24) is 9.46 Å². The van der Waals surface area contributed by atoms with E-state index in [9.17, 15) is 17.6 Å². The van der Waals surface area contributed by atoms with E-state index in [0.29, 0.717) is 25.1 Å². The second-order valence-corrected chi connectivity index (χ2v) is 10.7. The van der Waals surface area contributed by atoms with Crippen LogP contribution in [0.5, 0.6) is 0 Å². The van der Waals surface area contributed by atoms with Crippen LogP contribution in [0.25, 0.3) is 12.2 Å². The van der Waals surface area contributed by atoms with Crippen LogP contribution in [0.3, 0.4) is 0 Å². The van der Waals surface area contributed by atoms with Crippen molar-refractivity contribution < 1.29 is 22.1 Å². The lowest BCUT2D eigenvalue weighted by molar-refractivity contribution is -0.120. The zero-order chi connectivity index (χ0) is 25.2. The van der Waals surface area contributed by atoms with Gasteiger partial charge in [-0.15, -0.1) is 0 Å². The van der Waals surface area contributed by atoms with Gasteiger partial charge in [0.15, 0.2) is 10.7 Å². The molecule has 0 aliphatic carbocycles. The third kappa shape index (κ3) is 5.52. The van der Waals surface area contributed by atoms with Crippen LogP contribution in [0.2, 0.25) is 0 Å². The molecule has 1 aromatic heterocycles. The van der Waals surface area contributed by atoms with Crippen LogP contribution >= 0.6 is 0 Å². The molecule has 1 atom stereocenters. The van der Waals surface area contributed by atoms with Gasteiger partial charge >= 0.3 is 0 Å². The Morgan fingerprint density at radius 1 is 1.14 bits per heavy atom. The Morgan fingerprint density at radius 3 is 2.63 bits per heavy atom. The van der Waals surface area contributed by atoms with E-state index < -0.39 is 21.8 Å². The number of aromatic nitrogens is 1. The van der Waals surface area contributed by atoms with E-state index in [1.165, 1.54) is 28.6 Å². The molecule has 3 aromatic rings. The fraction of sp³-hybridized carbons (Fsp3) is 0.308. The molecule has 1 fully saturated rings. The first-order valence-corrected chi connectivity index (χ1v) is 12.9. The van der Waals surface area contributed by atoms with Crippen molar-refractivity contribution in [3.8, 4) is 0 Å². The third-order valence-corrected chi connectivity index (χ3v) is 8.17. The Bertz CT molecular complexity index is 1360. The quantitative estimate of drug-likeness (QED) is 0.520. The molecule has 0 radical (unpaired) electrons. The fourth-order valence-corrected chi connectivity index (χ4v) is 5.96. The molecule has 9 heteroatoms. The number of carbonyl (C=O) groups is 1. The van der Waals surface area contributed by atoms with Crippen LogP contribution in [0, 0.1) is 32.5 Å². The van der Waals surface area contributed by atoms with E-state index >= 15 is 0 Å². The minimum absolute atomic E-state index is 0.0126. The highest BCUT2D eigenvalue weighted by molar-refractivity contribution is 7.89. The van der Waals surface area contributed by atoms with Crippen molar-refractivity contribution in [3.05, 3.63) is 76.4 Å². The molecule has 0 saturated carbocycles. The van der Waals surface area contributed by atoms with Gasteiger partial charge in [-0.05, 0) is 75.1 Å². The monoisotopic (exact) mass is 497 g/mol. The predicted molar refractivity (Wildman–Crippen MR) is 133 cm³/mol. The summed E-state index contributed by atoms with van der Waals surface area (Å²) in [5, 5.41) is 6.65. The van der Waals surface area contributed by atoms with E-state index in [1.807, 2.05) is 38.1 Å². The first kappa shape index (κ1) is 24.8. The number of halogens is 1. The van der Waals surface area contributed by atoms with Crippen LogP contribution in [0.15, 0.2) is 51.9 Å². The van der Waals surface area contributed by atoms with E-state index in [1.54, 1.807) is 13.0 Å². The van der Waals surface area contributed by atoms with Crippen molar-refractivity contribution >= 4 is 33.8 Å². The number of anilines is 1. The summed E-state index contributed by atoms with van der Waals surface area (Å²) in [5.74, 6) is -1.07. The second-order valence-electron chi connectivity index (χ2n) is 8.85. The number of amides is 1. The predicted octanol–water partition coefficient (Wildman–Crippen LogP) is 4.95. The second kappa shape index (κ2) is 10.1. The van der Waals surface area contributed by atoms with Crippen LogP contribution in [-0.4, -0.2) is 36.9 Å². The van der Waals surface area contributed by atoms with Crippen molar-refractivity contribution in [3.63, 3.8) is 0 Å². The van der Waals surface area contributed by atoms with Crippen molar-refractivity contribution in [2.75, 3.05) is 18.4 Å². The number of nitrogens with zero attached hydrogens (tertiary/aromatic N) is 2. The molecule has 1 N–H and O–H groups in total. The number of hydrogen-bond donors (Lipinski definition) is 1. The lowest BCUT2D eigenvalue weighted by Crippen LogP contribution is -2.43. The van der Waals surface area contributed by atoms with E-state index in [-0.39, 0.29) is 28.8 Å². The van der Waals surface area contributed by atoms with Gasteiger partial charge in [-0.3, -0.25) is 4.79 Å². The number of carbonyl (C=O) groups excluding carboxylic acids is 1. The summed E-state index contributed by atoms with van der Waals surface area (Å²) >= 11 is 0. The summed E-state index contributed by atoms with van der Waals surface area (Å²) in [6.45, 7) is 5.90. The van der Waals surface area contributed by atoms with Gasteiger partial charge in [-0.25, -0.2) is 12.8 Å². The first-order chi connectivity index (χ1) is 16.6. The van der Waals surface area contributed by atoms with Crippen molar-refractivity contribution in [2.45, 2.75) is 38.5 Å². The molecule has 0 unspecified atom stereocenters. The zero-order valence-electron chi connectivity index (χ0n) is 19.9. The number of hydrogen-bond acceptors (Lipinski definition) is 5. The molecule has 0 bridgehead atoms. The molecular weight excluding hydrogens is 469 g/mol. The van der Waals surface area contributed by atoms with Gasteiger partial charge in [0.1, 0.15) is 11.5 Å². The maximum atomic E-state index is 13.6. The van der Waals surface area contributed by atoms with Gasteiger partial charge in [-0.2, -0.15) is 4.31 Å². The topological polar surface area (TPSA) is 92.5 Å². The fourth-order valence-electron chi connectivity index (χ4n) is 4.19. The molecule has 2 heterocycles. The van der Waals surface area contributed by atoms with Gasteiger partial charge in [-0.1, -0.05) is 35.0 Å². The summed E-state index contributed by atoms with van der Waals surface area (Å²) < 4.78 is 47.1. The Morgan fingerprint density at radius 2 is 1.89 bits per heavy atom. The summed E-state index contributed by atoms with van der Waals surface area (Å²) in [6, 6.07) is 11.5. The summed E-state index contributed by atoms with van der Waals surface area (Å²) in [6.07, 6.45) is 4.54. The van der Waals surface area contributed by atoms with Gasteiger partial charge < -0.3 is 9.84 Å². The number of rotatable bonds is 6. The van der Waals surface area contributed by atoms with Gasteiger partial charge in [0.05, 0.1) is 5.92 Å². The Hall–Kier alpha value is -3.30. The van der Waals surface area contributed by atoms with Gasteiger partial charge in [0.25, 0.3) is 0 Å². The third-order valence-electron chi connectivity index (χ3n) is 6.15.